The normalized spacial score (nSPS) is 17.2. The van der Waals surface area contributed by atoms with Gasteiger partial charge >= 0.3 is 0 Å². The summed E-state index contributed by atoms with van der Waals surface area (Å²) in [5, 5.41) is 3.13. The van der Waals surface area contributed by atoms with Gasteiger partial charge in [-0.2, -0.15) is 0 Å². The first-order valence-corrected chi connectivity index (χ1v) is 10.3. The lowest BCUT2D eigenvalue weighted by Crippen LogP contribution is -2.37. The third-order valence-corrected chi connectivity index (χ3v) is 5.69. The SMILES string of the molecule is CCc1ccc(N2CC(C(=O)NC(c3ccccc3)c3nccn3C)CC2=O)cc1. The van der Waals surface area contributed by atoms with Crippen LogP contribution < -0.4 is 10.2 Å². The number of nitrogens with zero attached hydrogens (tertiary/aromatic N) is 3. The van der Waals surface area contributed by atoms with Crippen LogP contribution in [0.4, 0.5) is 5.69 Å². The quantitative estimate of drug-likeness (QED) is 0.688. The van der Waals surface area contributed by atoms with Crippen molar-refractivity contribution in [3.63, 3.8) is 0 Å². The largest absolute Gasteiger partial charge is 0.342 e. The molecule has 0 aliphatic carbocycles. The number of amides is 2. The molecule has 2 heterocycles. The molecule has 1 saturated heterocycles. The number of carbonyl (C=O) groups is 2. The molecule has 4 rings (SSSR count). The van der Waals surface area contributed by atoms with Crippen molar-refractivity contribution < 1.29 is 9.59 Å². The molecule has 2 aromatic carbocycles. The molecule has 2 amide bonds. The summed E-state index contributed by atoms with van der Waals surface area (Å²) >= 11 is 0. The maximum atomic E-state index is 13.1. The van der Waals surface area contributed by atoms with E-state index in [2.05, 4.69) is 17.2 Å². The highest BCUT2D eigenvalue weighted by Crippen LogP contribution is 2.27. The van der Waals surface area contributed by atoms with E-state index in [1.807, 2.05) is 72.4 Å². The molecule has 1 N–H and O–H groups in total. The van der Waals surface area contributed by atoms with Crippen LogP contribution in [-0.2, 0) is 23.1 Å². The fourth-order valence-electron chi connectivity index (χ4n) is 3.90. The minimum Gasteiger partial charge on any atom is -0.342 e. The van der Waals surface area contributed by atoms with Gasteiger partial charge in [0.2, 0.25) is 11.8 Å². The van der Waals surface area contributed by atoms with Crippen molar-refractivity contribution in [1.29, 1.82) is 0 Å². The summed E-state index contributed by atoms with van der Waals surface area (Å²) in [7, 11) is 1.91. The van der Waals surface area contributed by atoms with Crippen LogP contribution in [0.1, 0.15) is 36.3 Å². The molecule has 1 fully saturated rings. The van der Waals surface area contributed by atoms with E-state index in [9.17, 15) is 9.59 Å². The molecule has 0 bridgehead atoms. The van der Waals surface area contributed by atoms with E-state index in [0.29, 0.717) is 6.54 Å². The Morgan fingerprint density at radius 2 is 1.90 bits per heavy atom. The minimum absolute atomic E-state index is 0.0207. The van der Waals surface area contributed by atoms with E-state index in [1.165, 1.54) is 5.56 Å². The van der Waals surface area contributed by atoms with Gasteiger partial charge in [0, 0.05) is 38.1 Å². The monoisotopic (exact) mass is 402 g/mol. The van der Waals surface area contributed by atoms with Crippen LogP contribution in [0.25, 0.3) is 0 Å². The van der Waals surface area contributed by atoms with Gasteiger partial charge in [-0.25, -0.2) is 4.98 Å². The molecule has 6 nitrogen and oxygen atoms in total. The van der Waals surface area contributed by atoms with Gasteiger partial charge in [-0.3, -0.25) is 9.59 Å². The summed E-state index contributed by atoms with van der Waals surface area (Å²) in [5.74, 6) is 0.209. The van der Waals surface area contributed by atoms with Crippen molar-refractivity contribution in [2.24, 2.45) is 13.0 Å². The highest BCUT2D eigenvalue weighted by atomic mass is 16.2. The zero-order chi connectivity index (χ0) is 21.1. The fourth-order valence-corrected chi connectivity index (χ4v) is 3.90. The first-order valence-electron chi connectivity index (χ1n) is 10.3. The van der Waals surface area contributed by atoms with Gasteiger partial charge in [0.1, 0.15) is 11.9 Å². The van der Waals surface area contributed by atoms with E-state index in [1.54, 1.807) is 11.1 Å². The molecule has 1 aliphatic rings. The van der Waals surface area contributed by atoms with Gasteiger partial charge in [0.25, 0.3) is 0 Å². The second kappa shape index (κ2) is 8.53. The van der Waals surface area contributed by atoms with Crippen molar-refractivity contribution in [1.82, 2.24) is 14.9 Å². The number of benzene rings is 2. The van der Waals surface area contributed by atoms with Gasteiger partial charge in [-0.15, -0.1) is 0 Å². The molecule has 1 aromatic heterocycles. The average Bonchev–Trinajstić information content (AvgIpc) is 3.38. The van der Waals surface area contributed by atoms with Crippen LogP contribution in [0.5, 0.6) is 0 Å². The minimum atomic E-state index is -0.394. The van der Waals surface area contributed by atoms with Crippen molar-refractivity contribution in [3.05, 3.63) is 83.9 Å². The Bertz CT molecular complexity index is 1030. The predicted octanol–water partition coefficient (Wildman–Crippen LogP) is 3.24. The number of hydrogen-bond donors (Lipinski definition) is 1. The third kappa shape index (κ3) is 3.99. The summed E-state index contributed by atoms with van der Waals surface area (Å²) in [4.78, 5) is 31.9. The smallest absolute Gasteiger partial charge is 0.227 e. The molecular weight excluding hydrogens is 376 g/mol. The molecule has 0 radical (unpaired) electrons. The van der Waals surface area contributed by atoms with E-state index >= 15 is 0 Å². The van der Waals surface area contributed by atoms with Crippen LogP contribution in [0.3, 0.4) is 0 Å². The topological polar surface area (TPSA) is 67.2 Å². The molecule has 154 valence electrons. The number of nitrogens with one attached hydrogen (secondary N) is 1. The number of anilines is 1. The van der Waals surface area contributed by atoms with Crippen molar-refractivity contribution in [2.45, 2.75) is 25.8 Å². The molecule has 1 aliphatic heterocycles. The van der Waals surface area contributed by atoms with Gasteiger partial charge in [0.15, 0.2) is 0 Å². The van der Waals surface area contributed by atoms with Gasteiger partial charge in [-0.05, 0) is 29.7 Å². The number of aryl methyl sites for hydroxylation is 2. The standard InChI is InChI=1S/C24H26N4O2/c1-3-17-9-11-20(12-10-17)28-16-19(15-21(28)29)24(30)26-22(18-7-5-4-6-8-18)23-25-13-14-27(23)2/h4-14,19,22H,3,15-16H2,1-2H3,(H,26,30). The Morgan fingerprint density at radius 3 is 2.53 bits per heavy atom. The number of carbonyl (C=O) groups excluding carboxylic acids is 2. The first kappa shape index (κ1) is 19.9. The zero-order valence-corrected chi connectivity index (χ0v) is 17.3. The highest BCUT2D eigenvalue weighted by Gasteiger charge is 2.36. The first-order chi connectivity index (χ1) is 14.6. The van der Waals surface area contributed by atoms with Crippen molar-refractivity contribution in [3.8, 4) is 0 Å². The van der Waals surface area contributed by atoms with E-state index < -0.39 is 5.92 Å². The highest BCUT2D eigenvalue weighted by molar-refractivity contribution is 6.00. The van der Waals surface area contributed by atoms with Crippen LogP contribution in [0, 0.1) is 5.92 Å². The second-order valence-electron chi connectivity index (χ2n) is 7.67. The lowest BCUT2D eigenvalue weighted by atomic mass is 10.0. The van der Waals surface area contributed by atoms with Crippen LogP contribution >= 0.6 is 0 Å². The molecular formula is C24H26N4O2. The number of rotatable bonds is 6. The molecule has 0 saturated carbocycles. The summed E-state index contributed by atoms with van der Waals surface area (Å²) in [6, 6.07) is 17.4. The molecule has 2 unspecified atom stereocenters. The lowest BCUT2D eigenvalue weighted by Gasteiger charge is -2.21. The van der Waals surface area contributed by atoms with E-state index in [0.717, 1.165) is 23.5 Å². The summed E-state index contributed by atoms with van der Waals surface area (Å²) in [5.41, 5.74) is 3.02. The molecule has 2 atom stereocenters. The van der Waals surface area contributed by atoms with E-state index in [4.69, 9.17) is 0 Å². The Hall–Kier alpha value is -3.41. The van der Waals surface area contributed by atoms with Crippen LogP contribution in [-0.4, -0.2) is 27.9 Å². The third-order valence-electron chi connectivity index (χ3n) is 5.69. The fraction of sp³-hybridized carbons (Fsp3) is 0.292. The zero-order valence-electron chi connectivity index (χ0n) is 17.3. The second-order valence-corrected chi connectivity index (χ2v) is 7.67. The van der Waals surface area contributed by atoms with Crippen LogP contribution in [0.2, 0.25) is 0 Å². The Labute approximate surface area is 176 Å². The molecule has 0 spiro atoms. The lowest BCUT2D eigenvalue weighted by molar-refractivity contribution is -0.126. The molecule has 3 aromatic rings. The van der Waals surface area contributed by atoms with Crippen LogP contribution in [0.15, 0.2) is 67.0 Å². The van der Waals surface area contributed by atoms with Crippen molar-refractivity contribution >= 4 is 17.5 Å². The number of hydrogen-bond acceptors (Lipinski definition) is 3. The number of imidazole rings is 1. The maximum Gasteiger partial charge on any atom is 0.227 e. The molecule has 30 heavy (non-hydrogen) atoms. The average molecular weight is 402 g/mol. The number of aromatic nitrogens is 2. The van der Waals surface area contributed by atoms with E-state index in [-0.39, 0.29) is 24.3 Å². The van der Waals surface area contributed by atoms with Gasteiger partial charge < -0.3 is 14.8 Å². The summed E-state index contributed by atoms with van der Waals surface area (Å²) in [6.45, 7) is 2.49. The Morgan fingerprint density at radius 1 is 1.17 bits per heavy atom. The summed E-state index contributed by atoms with van der Waals surface area (Å²) < 4.78 is 1.90. The van der Waals surface area contributed by atoms with Crippen molar-refractivity contribution in [2.75, 3.05) is 11.4 Å². The predicted molar refractivity (Wildman–Crippen MR) is 116 cm³/mol. The Kier molecular flexibility index (Phi) is 5.65. The van der Waals surface area contributed by atoms with Gasteiger partial charge in [-0.1, -0.05) is 49.4 Å². The Balaban J connectivity index is 1.52. The maximum absolute atomic E-state index is 13.1. The summed E-state index contributed by atoms with van der Waals surface area (Å²) in [6.07, 6.45) is 4.74. The molecule has 6 heteroatoms. The van der Waals surface area contributed by atoms with Gasteiger partial charge in [0.05, 0.1) is 5.92 Å².